The predicted molar refractivity (Wildman–Crippen MR) is 64.4 cm³/mol. The monoisotopic (exact) mass is 266 g/mol. The van der Waals surface area contributed by atoms with E-state index in [1.54, 1.807) is 4.57 Å². The molecule has 4 heteroatoms. The van der Waals surface area contributed by atoms with Crippen LogP contribution in [0.15, 0.2) is 35.3 Å². The number of hydrogen-bond donors (Lipinski definition) is 0. The minimum absolute atomic E-state index is 0.0327. The van der Waals surface area contributed by atoms with Crippen molar-refractivity contribution in [2.75, 3.05) is 5.33 Å². The van der Waals surface area contributed by atoms with E-state index in [-0.39, 0.29) is 5.56 Å². The molecule has 0 radical (unpaired) electrons. The van der Waals surface area contributed by atoms with Crippen LogP contribution in [0, 0.1) is 0 Å². The molecule has 0 fully saturated rings. The van der Waals surface area contributed by atoms with E-state index in [9.17, 15) is 4.79 Å². The molecule has 15 heavy (non-hydrogen) atoms. The van der Waals surface area contributed by atoms with E-state index in [1.807, 2.05) is 24.3 Å². The summed E-state index contributed by atoms with van der Waals surface area (Å²) in [4.78, 5) is 15.7. The molecule has 0 amide bonds. The summed E-state index contributed by atoms with van der Waals surface area (Å²) >= 11 is 3.36. The van der Waals surface area contributed by atoms with Crippen molar-refractivity contribution in [3.8, 4) is 0 Å². The average Bonchev–Trinajstić information content (AvgIpc) is 2.28. The minimum atomic E-state index is -0.0327. The molecule has 0 saturated carbocycles. The van der Waals surface area contributed by atoms with E-state index in [0.29, 0.717) is 0 Å². The number of fused-ring (bicyclic) bond motifs is 1. The number of aryl methyl sites for hydroxylation is 1. The third kappa shape index (κ3) is 2.09. The van der Waals surface area contributed by atoms with Crippen LogP contribution in [-0.2, 0) is 6.54 Å². The van der Waals surface area contributed by atoms with Crippen LogP contribution in [-0.4, -0.2) is 14.9 Å². The Hall–Kier alpha value is -1.16. The molecule has 2 aromatic rings. The van der Waals surface area contributed by atoms with Gasteiger partial charge in [-0.25, -0.2) is 4.98 Å². The van der Waals surface area contributed by atoms with Crippen LogP contribution in [0.3, 0.4) is 0 Å². The van der Waals surface area contributed by atoms with Crippen molar-refractivity contribution < 1.29 is 0 Å². The van der Waals surface area contributed by atoms with Gasteiger partial charge >= 0.3 is 0 Å². The van der Waals surface area contributed by atoms with Crippen LogP contribution in [0.25, 0.3) is 11.0 Å². The van der Waals surface area contributed by atoms with E-state index in [4.69, 9.17) is 0 Å². The first-order valence-corrected chi connectivity index (χ1v) is 5.95. The van der Waals surface area contributed by atoms with Crippen molar-refractivity contribution in [3.05, 3.63) is 40.8 Å². The summed E-state index contributed by atoms with van der Waals surface area (Å²) in [7, 11) is 0. The van der Waals surface area contributed by atoms with Crippen molar-refractivity contribution in [1.82, 2.24) is 9.55 Å². The molecular formula is C11H11BrN2O. The van der Waals surface area contributed by atoms with Gasteiger partial charge in [-0.2, -0.15) is 0 Å². The van der Waals surface area contributed by atoms with Gasteiger partial charge in [0.2, 0.25) is 0 Å². The summed E-state index contributed by atoms with van der Waals surface area (Å²) in [6, 6.07) is 7.69. The third-order valence-electron chi connectivity index (χ3n) is 2.27. The lowest BCUT2D eigenvalue weighted by Crippen LogP contribution is -2.20. The molecule has 0 unspecified atom stereocenters. The second-order valence-corrected chi connectivity index (χ2v) is 4.07. The van der Waals surface area contributed by atoms with Gasteiger partial charge in [0.25, 0.3) is 5.56 Å². The van der Waals surface area contributed by atoms with Crippen LogP contribution in [0.4, 0.5) is 0 Å². The van der Waals surface area contributed by atoms with Gasteiger partial charge in [0.05, 0.1) is 17.2 Å². The number of hydrogen-bond acceptors (Lipinski definition) is 2. The molecule has 3 nitrogen and oxygen atoms in total. The van der Waals surface area contributed by atoms with Gasteiger partial charge in [-0.1, -0.05) is 28.1 Å². The van der Waals surface area contributed by atoms with Gasteiger partial charge in [-0.05, 0) is 18.6 Å². The highest BCUT2D eigenvalue weighted by molar-refractivity contribution is 9.09. The molecule has 0 N–H and O–H groups in total. The SMILES string of the molecule is O=c1cnc2ccccc2n1CCCBr. The Labute approximate surface area is 95.9 Å². The average molecular weight is 267 g/mol. The van der Waals surface area contributed by atoms with Gasteiger partial charge in [-0.3, -0.25) is 4.79 Å². The van der Waals surface area contributed by atoms with Gasteiger partial charge in [0.1, 0.15) is 0 Å². The predicted octanol–water partition coefficient (Wildman–Crippen LogP) is 2.18. The Balaban J connectivity index is 2.58. The number of para-hydroxylation sites is 2. The first kappa shape index (κ1) is 10.4. The fourth-order valence-corrected chi connectivity index (χ4v) is 1.81. The largest absolute Gasteiger partial charge is 0.305 e. The maximum Gasteiger partial charge on any atom is 0.269 e. The molecule has 1 aromatic carbocycles. The fraction of sp³-hybridized carbons (Fsp3) is 0.273. The van der Waals surface area contributed by atoms with Gasteiger partial charge in [0.15, 0.2) is 0 Å². The Morgan fingerprint density at radius 2 is 2.13 bits per heavy atom. The number of benzene rings is 1. The summed E-state index contributed by atoms with van der Waals surface area (Å²) < 4.78 is 1.77. The lowest BCUT2D eigenvalue weighted by atomic mass is 10.3. The Bertz CT molecular complexity index is 521. The standard InChI is InChI=1S/C11H11BrN2O/c12-6-3-7-14-10-5-2-1-4-9(10)13-8-11(14)15/h1-2,4-5,8H,3,6-7H2. The quantitative estimate of drug-likeness (QED) is 0.799. The van der Waals surface area contributed by atoms with Gasteiger partial charge < -0.3 is 4.57 Å². The van der Waals surface area contributed by atoms with Crippen LogP contribution < -0.4 is 5.56 Å². The van der Waals surface area contributed by atoms with E-state index in [0.717, 1.165) is 29.3 Å². The van der Waals surface area contributed by atoms with E-state index in [1.165, 1.54) is 6.20 Å². The molecule has 0 saturated heterocycles. The first-order chi connectivity index (χ1) is 7.33. The Morgan fingerprint density at radius 1 is 1.33 bits per heavy atom. The maximum absolute atomic E-state index is 11.6. The number of rotatable bonds is 3. The molecule has 0 aliphatic carbocycles. The van der Waals surface area contributed by atoms with Crippen LogP contribution in [0.5, 0.6) is 0 Å². The molecule has 0 bridgehead atoms. The first-order valence-electron chi connectivity index (χ1n) is 4.83. The molecule has 2 rings (SSSR count). The fourth-order valence-electron chi connectivity index (χ4n) is 1.56. The Kier molecular flexibility index (Phi) is 3.16. The second-order valence-electron chi connectivity index (χ2n) is 3.28. The van der Waals surface area contributed by atoms with Crippen molar-refractivity contribution in [1.29, 1.82) is 0 Å². The van der Waals surface area contributed by atoms with Crippen LogP contribution in [0.1, 0.15) is 6.42 Å². The van der Waals surface area contributed by atoms with Crippen LogP contribution >= 0.6 is 15.9 Å². The molecule has 0 spiro atoms. The lowest BCUT2D eigenvalue weighted by molar-refractivity contribution is 0.681. The Morgan fingerprint density at radius 3 is 2.93 bits per heavy atom. The van der Waals surface area contributed by atoms with Gasteiger partial charge in [-0.15, -0.1) is 0 Å². The third-order valence-corrected chi connectivity index (χ3v) is 2.83. The summed E-state index contributed by atoms with van der Waals surface area (Å²) in [5, 5.41) is 0.899. The summed E-state index contributed by atoms with van der Waals surface area (Å²) in [6.45, 7) is 0.729. The molecule has 0 atom stereocenters. The highest BCUT2D eigenvalue weighted by atomic mass is 79.9. The van der Waals surface area contributed by atoms with Gasteiger partial charge in [0, 0.05) is 11.9 Å². The zero-order chi connectivity index (χ0) is 10.7. The van der Waals surface area contributed by atoms with E-state index < -0.39 is 0 Å². The molecule has 0 aliphatic heterocycles. The normalized spacial score (nSPS) is 10.7. The number of halogens is 1. The molecule has 78 valence electrons. The highest BCUT2D eigenvalue weighted by Gasteiger charge is 2.02. The summed E-state index contributed by atoms with van der Waals surface area (Å²) in [5.41, 5.74) is 1.74. The van der Waals surface area contributed by atoms with E-state index in [2.05, 4.69) is 20.9 Å². The second kappa shape index (κ2) is 4.57. The van der Waals surface area contributed by atoms with E-state index >= 15 is 0 Å². The summed E-state index contributed by atoms with van der Waals surface area (Å²) in [5.74, 6) is 0. The molecule has 1 aromatic heterocycles. The van der Waals surface area contributed by atoms with Crippen molar-refractivity contribution in [2.24, 2.45) is 0 Å². The zero-order valence-corrected chi connectivity index (χ0v) is 9.77. The van der Waals surface area contributed by atoms with Crippen molar-refractivity contribution >= 4 is 27.0 Å². The lowest BCUT2D eigenvalue weighted by Gasteiger charge is -2.07. The highest BCUT2D eigenvalue weighted by Crippen LogP contribution is 2.08. The number of nitrogens with zero attached hydrogens (tertiary/aromatic N) is 2. The minimum Gasteiger partial charge on any atom is -0.305 e. The number of aromatic nitrogens is 2. The molecular weight excluding hydrogens is 256 g/mol. The molecule has 0 aliphatic rings. The smallest absolute Gasteiger partial charge is 0.269 e. The summed E-state index contributed by atoms with van der Waals surface area (Å²) in [6.07, 6.45) is 2.32. The topological polar surface area (TPSA) is 34.9 Å². The van der Waals surface area contributed by atoms with Crippen molar-refractivity contribution in [2.45, 2.75) is 13.0 Å². The number of alkyl halides is 1. The zero-order valence-electron chi connectivity index (χ0n) is 8.19. The van der Waals surface area contributed by atoms with Crippen molar-refractivity contribution in [3.63, 3.8) is 0 Å². The molecule has 1 heterocycles. The maximum atomic E-state index is 11.6. The van der Waals surface area contributed by atoms with Crippen LogP contribution in [0.2, 0.25) is 0 Å².